The minimum Gasteiger partial charge on any atom is -0.255 e. The summed E-state index contributed by atoms with van der Waals surface area (Å²) in [6.45, 7) is 0. The van der Waals surface area contributed by atoms with Gasteiger partial charge in [-0.2, -0.15) is 0 Å². The van der Waals surface area contributed by atoms with E-state index in [1.165, 1.54) is 28.3 Å². The summed E-state index contributed by atoms with van der Waals surface area (Å²) in [7, 11) is -3.98. The largest absolute Gasteiger partial charge is 0.266 e. The third-order valence-corrected chi connectivity index (χ3v) is 8.35. The zero-order chi connectivity index (χ0) is 17.8. The molecule has 0 atom stereocenters. The number of nitrogens with zero attached hydrogens (tertiary/aromatic N) is 1. The summed E-state index contributed by atoms with van der Waals surface area (Å²) in [6.07, 6.45) is 1.80. The lowest BCUT2D eigenvalue weighted by Gasteiger charge is -2.09. The number of thiazole rings is 1. The lowest BCUT2D eigenvalue weighted by atomic mass is 10.0. The third kappa shape index (κ3) is 3.18. The van der Waals surface area contributed by atoms with Crippen molar-refractivity contribution in [3.63, 3.8) is 0 Å². The van der Waals surface area contributed by atoms with Crippen LogP contribution < -0.4 is 4.72 Å². The molecule has 0 saturated carbocycles. The van der Waals surface area contributed by atoms with Crippen molar-refractivity contribution >= 4 is 72.6 Å². The van der Waals surface area contributed by atoms with Gasteiger partial charge in [0.15, 0.2) is 5.13 Å². The number of hydrogen-bond donors (Lipinski definition) is 1. The number of halogens is 3. The second-order valence-electron chi connectivity index (χ2n) is 5.35. The number of benzene rings is 1. The Kier molecular flexibility index (Phi) is 4.50. The van der Waals surface area contributed by atoms with Crippen molar-refractivity contribution in [1.82, 2.24) is 4.98 Å². The van der Waals surface area contributed by atoms with Crippen molar-refractivity contribution in [3.8, 4) is 11.3 Å². The second-order valence-corrected chi connectivity index (χ2v) is 10.3. The Hall–Kier alpha value is -0.830. The Balaban J connectivity index is 1.72. The average Bonchev–Trinajstić information content (AvgIpc) is 3.09. The first kappa shape index (κ1) is 17.6. The van der Waals surface area contributed by atoms with Gasteiger partial charge in [-0.3, -0.25) is 4.72 Å². The number of aromatic nitrogens is 1. The Bertz CT molecular complexity index is 1070. The van der Waals surface area contributed by atoms with Gasteiger partial charge in [0.25, 0.3) is 10.0 Å². The van der Waals surface area contributed by atoms with Gasteiger partial charge < -0.3 is 0 Å². The zero-order valence-electron chi connectivity index (χ0n) is 12.3. The molecule has 3 aromatic rings. The summed E-state index contributed by atoms with van der Waals surface area (Å²) >= 11 is 20.9. The molecule has 2 aromatic heterocycles. The summed E-state index contributed by atoms with van der Waals surface area (Å²) in [5, 5.41) is 2.52. The lowest BCUT2D eigenvalue weighted by Crippen LogP contribution is -2.14. The summed E-state index contributed by atoms with van der Waals surface area (Å²) in [5.74, 6) is 0. The summed E-state index contributed by atoms with van der Waals surface area (Å²) in [6, 6.07) is 4.70. The molecule has 4 nitrogen and oxygen atoms in total. The van der Waals surface area contributed by atoms with Crippen LogP contribution in [0.3, 0.4) is 0 Å². The molecule has 4 rings (SSSR count). The molecule has 0 fully saturated rings. The Morgan fingerprint density at radius 3 is 2.48 bits per heavy atom. The number of rotatable bonds is 3. The van der Waals surface area contributed by atoms with E-state index in [1.54, 1.807) is 11.3 Å². The van der Waals surface area contributed by atoms with E-state index in [2.05, 4.69) is 9.71 Å². The standard InChI is InChI=1S/C15H9Cl3N2O2S3/c16-7-5-9(17)14(10(18)6-7)25(21,22)20-15-19-13-8-3-4-23-11(8)1-2-12(13)24-15/h3-6H,1-2H2,(H,19,20). The highest BCUT2D eigenvalue weighted by atomic mass is 35.5. The third-order valence-electron chi connectivity index (χ3n) is 3.73. The second kappa shape index (κ2) is 6.40. The van der Waals surface area contributed by atoms with E-state index in [0.29, 0.717) is 5.13 Å². The molecule has 2 heterocycles. The van der Waals surface area contributed by atoms with Gasteiger partial charge in [-0.25, -0.2) is 13.4 Å². The van der Waals surface area contributed by atoms with E-state index < -0.39 is 10.0 Å². The molecule has 0 unspecified atom stereocenters. The Morgan fingerprint density at radius 2 is 1.76 bits per heavy atom. The number of hydrogen-bond acceptors (Lipinski definition) is 5. The van der Waals surface area contributed by atoms with Crippen LogP contribution in [0.1, 0.15) is 9.75 Å². The normalized spacial score (nSPS) is 13.4. The maximum absolute atomic E-state index is 12.7. The molecule has 0 spiro atoms. The highest BCUT2D eigenvalue weighted by Gasteiger charge is 2.27. The van der Waals surface area contributed by atoms with Crippen molar-refractivity contribution in [2.24, 2.45) is 0 Å². The molecular formula is C15H9Cl3N2O2S3. The van der Waals surface area contributed by atoms with Gasteiger partial charge in [-0.15, -0.1) is 22.7 Å². The van der Waals surface area contributed by atoms with Crippen LogP contribution in [0.25, 0.3) is 11.3 Å². The number of nitrogens with one attached hydrogen (secondary N) is 1. The van der Waals surface area contributed by atoms with Gasteiger partial charge in [0, 0.05) is 20.3 Å². The van der Waals surface area contributed by atoms with Crippen LogP contribution in [0.15, 0.2) is 28.5 Å². The predicted octanol–water partition coefficient (Wildman–Crippen LogP) is 5.73. The van der Waals surface area contributed by atoms with Crippen molar-refractivity contribution in [3.05, 3.63) is 48.4 Å². The first-order valence-corrected chi connectivity index (χ1v) is 11.4. The molecule has 10 heteroatoms. The van der Waals surface area contributed by atoms with E-state index in [9.17, 15) is 8.42 Å². The van der Waals surface area contributed by atoms with Crippen LogP contribution in [0.5, 0.6) is 0 Å². The van der Waals surface area contributed by atoms with E-state index >= 15 is 0 Å². The number of aryl methyl sites for hydroxylation is 2. The topological polar surface area (TPSA) is 59.1 Å². The van der Waals surface area contributed by atoms with E-state index in [4.69, 9.17) is 34.8 Å². The number of fused-ring (bicyclic) bond motifs is 3. The fourth-order valence-corrected chi connectivity index (χ4v) is 7.34. The van der Waals surface area contributed by atoms with Crippen molar-refractivity contribution in [1.29, 1.82) is 0 Å². The van der Waals surface area contributed by atoms with Crippen LogP contribution in [0.4, 0.5) is 5.13 Å². The molecule has 0 amide bonds. The minimum atomic E-state index is -3.98. The molecule has 130 valence electrons. The van der Waals surface area contributed by atoms with Gasteiger partial charge in [0.1, 0.15) is 4.90 Å². The maximum atomic E-state index is 12.7. The van der Waals surface area contributed by atoms with Crippen molar-refractivity contribution < 1.29 is 8.42 Å². The molecule has 1 aromatic carbocycles. The van der Waals surface area contributed by atoms with Crippen LogP contribution in [0, 0.1) is 0 Å². The van der Waals surface area contributed by atoms with Gasteiger partial charge in [-0.05, 0) is 36.4 Å². The van der Waals surface area contributed by atoms with Crippen LogP contribution in [-0.4, -0.2) is 13.4 Å². The number of thiophene rings is 1. The molecule has 1 aliphatic rings. The molecule has 1 N–H and O–H groups in total. The van der Waals surface area contributed by atoms with E-state index in [-0.39, 0.29) is 20.0 Å². The SMILES string of the molecule is O=S(=O)(Nc1nc2c(s1)CCc1sccc1-2)c1c(Cl)cc(Cl)cc1Cl. The first-order chi connectivity index (χ1) is 11.8. The van der Waals surface area contributed by atoms with E-state index in [0.717, 1.165) is 29.0 Å². The van der Waals surface area contributed by atoms with Gasteiger partial charge >= 0.3 is 0 Å². The molecule has 0 aliphatic heterocycles. The minimum absolute atomic E-state index is 0.0357. The fourth-order valence-electron chi connectivity index (χ4n) is 2.70. The molecule has 0 radical (unpaired) electrons. The summed E-state index contributed by atoms with van der Waals surface area (Å²) in [5.41, 5.74) is 1.93. The monoisotopic (exact) mass is 450 g/mol. The van der Waals surface area contributed by atoms with Crippen LogP contribution >= 0.6 is 57.5 Å². The number of sulfonamides is 1. The maximum Gasteiger partial charge on any atom is 0.266 e. The lowest BCUT2D eigenvalue weighted by molar-refractivity contribution is 0.601. The average molecular weight is 452 g/mol. The smallest absolute Gasteiger partial charge is 0.255 e. The van der Waals surface area contributed by atoms with Crippen LogP contribution in [0.2, 0.25) is 15.1 Å². The Labute approximate surface area is 167 Å². The zero-order valence-corrected chi connectivity index (χ0v) is 17.1. The number of anilines is 1. The highest BCUT2D eigenvalue weighted by molar-refractivity contribution is 7.93. The van der Waals surface area contributed by atoms with Crippen molar-refractivity contribution in [2.75, 3.05) is 4.72 Å². The van der Waals surface area contributed by atoms with Crippen molar-refractivity contribution in [2.45, 2.75) is 17.7 Å². The first-order valence-electron chi connectivity index (χ1n) is 7.09. The van der Waals surface area contributed by atoms with Gasteiger partial charge in [0.05, 0.1) is 15.7 Å². The van der Waals surface area contributed by atoms with Gasteiger partial charge in [0.2, 0.25) is 0 Å². The fraction of sp³-hybridized carbons (Fsp3) is 0.133. The summed E-state index contributed by atoms with van der Waals surface area (Å²) in [4.78, 5) is 6.61. The molecule has 0 bridgehead atoms. The quantitative estimate of drug-likeness (QED) is 0.553. The highest BCUT2D eigenvalue weighted by Crippen LogP contribution is 2.41. The molecule has 0 saturated heterocycles. The van der Waals surface area contributed by atoms with Gasteiger partial charge in [-0.1, -0.05) is 34.8 Å². The Morgan fingerprint density at radius 1 is 1.08 bits per heavy atom. The molecule has 1 aliphatic carbocycles. The molecule has 25 heavy (non-hydrogen) atoms. The predicted molar refractivity (Wildman–Crippen MR) is 105 cm³/mol. The molecular weight excluding hydrogens is 443 g/mol. The summed E-state index contributed by atoms with van der Waals surface area (Å²) < 4.78 is 27.9. The van der Waals surface area contributed by atoms with E-state index in [1.807, 2.05) is 11.4 Å². The van der Waals surface area contributed by atoms with Crippen LogP contribution in [-0.2, 0) is 22.9 Å².